The zero-order chi connectivity index (χ0) is 18.5. The van der Waals surface area contributed by atoms with Gasteiger partial charge < -0.3 is 15.1 Å². The third kappa shape index (κ3) is 4.26. The summed E-state index contributed by atoms with van der Waals surface area (Å²) in [6.45, 7) is 2.83. The monoisotopic (exact) mass is 355 g/mol. The van der Waals surface area contributed by atoms with Crippen LogP contribution >= 0.6 is 0 Å². The van der Waals surface area contributed by atoms with Gasteiger partial charge in [-0.05, 0) is 30.8 Å². The predicted molar refractivity (Wildman–Crippen MR) is 97.1 cm³/mol. The fourth-order valence-corrected chi connectivity index (χ4v) is 2.99. The molecule has 0 saturated carbocycles. The van der Waals surface area contributed by atoms with Crippen molar-refractivity contribution in [3.63, 3.8) is 0 Å². The number of carbonyl (C=O) groups excluding carboxylic acids is 2. The molecule has 2 aromatic carbocycles. The molecular formula is C20H22FN3O2. The molecule has 1 atom stereocenters. The van der Waals surface area contributed by atoms with Crippen molar-refractivity contribution >= 4 is 11.8 Å². The van der Waals surface area contributed by atoms with E-state index in [-0.39, 0.29) is 11.5 Å². The van der Waals surface area contributed by atoms with E-state index in [1.54, 1.807) is 4.90 Å². The van der Waals surface area contributed by atoms with Crippen molar-refractivity contribution in [1.82, 2.24) is 15.1 Å². The minimum Gasteiger partial charge on any atom is -0.338 e. The summed E-state index contributed by atoms with van der Waals surface area (Å²) in [5.74, 6) is -1.10. The molecule has 2 aromatic rings. The molecule has 0 bridgehead atoms. The van der Waals surface area contributed by atoms with Crippen LogP contribution in [-0.4, -0.2) is 54.8 Å². The van der Waals surface area contributed by atoms with E-state index in [0.717, 1.165) is 19.2 Å². The van der Waals surface area contributed by atoms with Crippen molar-refractivity contribution in [2.45, 2.75) is 6.04 Å². The number of halogens is 1. The maximum absolute atomic E-state index is 13.4. The summed E-state index contributed by atoms with van der Waals surface area (Å²) in [6.07, 6.45) is 0. The van der Waals surface area contributed by atoms with E-state index < -0.39 is 17.8 Å². The van der Waals surface area contributed by atoms with Crippen LogP contribution in [0.5, 0.6) is 0 Å². The highest BCUT2D eigenvalue weighted by Gasteiger charge is 2.29. The Labute approximate surface area is 152 Å². The first-order chi connectivity index (χ1) is 12.5. The standard InChI is InChI=1S/C20H22FN3O2/c1-23-10-12-24(13-11-23)20(26)18(15-6-3-2-4-7-15)22-19(25)16-8-5-9-17(21)14-16/h2-9,14,18H,10-13H2,1H3,(H,22,25)/t18-/m0/s1. The Morgan fingerprint density at radius 2 is 1.69 bits per heavy atom. The van der Waals surface area contributed by atoms with Crippen LogP contribution in [0.4, 0.5) is 4.39 Å². The fourth-order valence-electron chi connectivity index (χ4n) is 2.99. The Balaban J connectivity index is 1.82. The second-order valence-electron chi connectivity index (χ2n) is 6.46. The summed E-state index contributed by atoms with van der Waals surface area (Å²) in [5, 5.41) is 2.77. The molecule has 0 radical (unpaired) electrons. The van der Waals surface area contributed by atoms with Gasteiger partial charge in [0.05, 0.1) is 0 Å². The molecule has 1 fully saturated rings. The first-order valence-corrected chi connectivity index (χ1v) is 8.63. The molecule has 1 aliphatic rings. The number of nitrogens with zero attached hydrogens (tertiary/aromatic N) is 2. The second kappa shape index (κ2) is 8.10. The minimum absolute atomic E-state index is 0.144. The topological polar surface area (TPSA) is 52.6 Å². The highest BCUT2D eigenvalue weighted by molar-refractivity contribution is 5.97. The third-order valence-corrected chi connectivity index (χ3v) is 4.56. The number of rotatable bonds is 4. The first-order valence-electron chi connectivity index (χ1n) is 8.63. The average molecular weight is 355 g/mol. The Hall–Kier alpha value is -2.73. The molecule has 0 spiro atoms. The molecule has 5 nitrogen and oxygen atoms in total. The molecule has 0 aromatic heterocycles. The minimum atomic E-state index is -0.796. The zero-order valence-electron chi connectivity index (χ0n) is 14.7. The van der Waals surface area contributed by atoms with Gasteiger partial charge in [-0.1, -0.05) is 36.4 Å². The van der Waals surface area contributed by atoms with Gasteiger partial charge in [-0.3, -0.25) is 9.59 Å². The number of hydrogen-bond donors (Lipinski definition) is 1. The van der Waals surface area contributed by atoms with Crippen LogP contribution in [0.3, 0.4) is 0 Å². The van der Waals surface area contributed by atoms with E-state index in [1.807, 2.05) is 37.4 Å². The van der Waals surface area contributed by atoms with Crippen molar-refractivity contribution < 1.29 is 14.0 Å². The fraction of sp³-hybridized carbons (Fsp3) is 0.300. The van der Waals surface area contributed by atoms with Gasteiger partial charge in [-0.2, -0.15) is 0 Å². The van der Waals surface area contributed by atoms with Crippen molar-refractivity contribution in [2.75, 3.05) is 33.2 Å². The highest BCUT2D eigenvalue weighted by Crippen LogP contribution is 2.18. The van der Waals surface area contributed by atoms with Crippen molar-refractivity contribution in [1.29, 1.82) is 0 Å². The van der Waals surface area contributed by atoms with E-state index in [2.05, 4.69) is 10.2 Å². The van der Waals surface area contributed by atoms with E-state index in [9.17, 15) is 14.0 Å². The van der Waals surface area contributed by atoms with E-state index >= 15 is 0 Å². The van der Waals surface area contributed by atoms with Gasteiger partial charge in [0.25, 0.3) is 5.91 Å². The Kier molecular flexibility index (Phi) is 5.63. The number of carbonyl (C=O) groups is 2. The Bertz CT molecular complexity index is 774. The molecule has 136 valence electrons. The number of likely N-dealkylation sites (N-methyl/N-ethyl adjacent to an activating group) is 1. The summed E-state index contributed by atoms with van der Waals surface area (Å²) in [6, 6.07) is 13.8. The smallest absolute Gasteiger partial charge is 0.252 e. The number of benzene rings is 2. The Morgan fingerprint density at radius 3 is 2.35 bits per heavy atom. The molecule has 2 amide bonds. The quantitative estimate of drug-likeness (QED) is 0.914. The van der Waals surface area contributed by atoms with Gasteiger partial charge >= 0.3 is 0 Å². The van der Waals surface area contributed by atoms with Gasteiger partial charge in [0.2, 0.25) is 5.91 Å². The first kappa shape index (κ1) is 18.1. The molecule has 1 heterocycles. The van der Waals surface area contributed by atoms with E-state index in [0.29, 0.717) is 18.7 Å². The molecule has 3 rings (SSSR count). The lowest BCUT2D eigenvalue weighted by atomic mass is 10.0. The molecule has 1 aliphatic heterocycles. The summed E-state index contributed by atoms with van der Waals surface area (Å²) >= 11 is 0. The van der Waals surface area contributed by atoms with Crippen molar-refractivity contribution in [2.24, 2.45) is 0 Å². The van der Waals surface area contributed by atoms with Crippen LogP contribution in [-0.2, 0) is 4.79 Å². The van der Waals surface area contributed by atoms with E-state index in [1.165, 1.54) is 18.2 Å². The van der Waals surface area contributed by atoms with E-state index in [4.69, 9.17) is 0 Å². The summed E-state index contributed by atoms with van der Waals surface area (Å²) < 4.78 is 13.4. The van der Waals surface area contributed by atoms with Crippen molar-refractivity contribution in [3.05, 3.63) is 71.5 Å². The number of piperazine rings is 1. The third-order valence-electron chi connectivity index (χ3n) is 4.56. The molecule has 0 aliphatic carbocycles. The van der Waals surface area contributed by atoms with Gasteiger partial charge in [0.15, 0.2) is 0 Å². The Morgan fingerprint density at radius 1 is 1.00 bits per heavy atom. The average Bonchev–Trinajstić information content (AvgIpc) is 2.66. The largest absolute Gasteiger partial charge is 0.338 e. The van der Waals surface area contributed by atoms with Gasteiger partial charge in [0.1, 0.15) is 11.9 Å². The lowest BCUT2D eigenvalue weighted by Gasteiger charge is -2.35. The van der Waals surface area contributed by atoms with Gasteiger partial charge in [0, 0.05) is 31.7 Å². The summed E-state index contributed by atoms with van der Waals surface area (Å²) in [7, 11) is 2.02. The van der Waals surface area contributed by atoms with Gasteiger partial charge in [-0.25, -0.2) is 4.39 Å². The number of amides is 2. The normalized spacial score (nSPS) is 16.2. The molecule has 6 heteroatoms. The number of nitrogens with one attached hydrogen (secondary N) is 1. The van der Waals surface area contributed by atoms with Crippen LogP contribution in [0.2, 0.25) is 0 Å². The SMILES string of the molecule is CN1CCN(C(=O)[C@@H](NC(=O)c2cccc(F)c2)c2ccccc2)CC1. The predicted octanol–water partition coefficient (Wildman–Crippen LogP) is 2.07. The van der Waals surface area contributed by atoms with Crippen LogP contribution in [0, 0.1) is 5.82 Å². The zero-order valence-corrected chi connectivity index (χ0v) is 14.7. The lowest BCUT2D eigenvalue weighted by molar-refractivity contribution is -0.135. The van der Waals surface area contributed by atoms with Crippen LogP contribution in [0.1, 0.15) is 22.0 Å². The second-order valence-corrected chi connectivity index (χ2v) is 6.46. The summed E-state index contributed by atoms with van der Waals surface area (Å²) in [4.78, 5) is 29.5. The number of hydrogen-bond acceptors (Lipinski definition) is 3. The van der Waals surface area contributed by atoms with Crippen LogP contribution < -0.4 is 5.32 Å². The molecular weight excluding hydrogens is 333 g/mol. The molecule has 1 saturated heterocycles. The molecule has 1 N–H and O–H groups in total. The molecule has 26 heavy (non-hydrogen) atoms. The maximum Gasteiger partial charge on any atom is 0.252 e. The molecule has 0 unspecified atom stereocenters. The van der Waals surface area contributed by atoms with Crippen LogP contribution in [0.25, 0.3) is 0 Å². The maximum atomic E-state index is 13.4. The van der Waals surface area contributed by atoms with Gasteiger partial charge in [-0.15, -0.1) is 0 Å². The lowest BCUT2D eigenvalue weighted by Crippen LogP contribution is -2.51. The van der Waals surface area contributed by atoms with Crippen molar-refractivity contribution in [3.8, 4) is 0 Å². The van der Waals surface area contributed by atoms with Crippen LogP contribution in [0.15, 0.2) is 54.6 Å². The highest BCUT2D eigenvalue weighted by atomic mass is 19.1. The summed E-state index contributed by atoms with van der Waals surface area (Å²) in [5.41, 5.74) is 0.901.